The first kappa shape index (κ1) is 29.5. The summed E-state index contributed by atoms with van der Waals surface area (Å²) in [6.45, 7) is 7.68. The summed E-state index contributed by atoms with van der Waals surface area (Å²) >= 11 is 0. The summed E-state index contributed by atoms with van der Waals surface area (Å²) in [5, 5.41) is 3.09. The van der Waals surface area contributed by atoms with Crippen molar-refractivity contribution in [1.82, 2.24) is 10.2 Å². The molecular weight excluding hydrogens is 504 g/mol. The van der Waals surface area contributed by atoms with E-state index in [0.717, 1.165) is 49.4 Å². The Balaban J connectivity index is 0.000000265. The topological polar surface area (TPSA) is 60.0 Å². The molecule has 2 aliphatic rings. The van der Waals surface area contributed by atoms with Crippen molar-refractivity contribution in [3.8, 4) is 11.5 Å². The van der Waals surface area contributed by atoms with Gasteiger partial charge in [0.1, 0.15) is 29.4 Å². The smallest absolute Gasteiger partial charge is 0.410 e. The number of likely N-dealkylation sites (tertiary alicyclic amines) is 1. The molecule has 2 fully saturated rings. The lowest BCUT2D eigenvalue weighted by atomic mass is 10.2. The predicted octanol–water partition coefficient (Wildman–Crippen LogP) is 5.48. The summed E-state index contributed by atoms with van der Waals surface area (Å²) in [4.78, 5) is 13.4. The van der Waals surface area contributed by atoms with E-state index in [2.05, 4.69) is 5.32 Å². The quantitative estimate of drug-likeness (QED) is 0.526. The van der Waals surface area contributed by atoms with E-state index in [1.165, 1.54) is 4.90 Å². The summed E-state index contributed by atoms with van der Waals surface area (Å²) in [7, 11) is 0. The Hall–Kier alpha value is -2.72. The minimum Gasteiger partial charge on any atom is -0.486 e. The van der Waals surface area contributed by atoms with Crippen molar-refractivity contribution in [3.05, 3.63) is 59.7 Å². The number of amides is 1. The Labute approximate surface area is 214 Å². The van der Waals surface area contributed by atoms with Crippen LogP contribution in [0.1, 0.15) is 33.6 Å². The van der Waals surface area contributed by atoms with Gasteiger partial charge in [0.2, 0.25) is 0 Å². The van der Waals surface area contributed by atoms with Crippen molar-refractivity contribution < 1.29 is 36.6 Å². The molecule has 1 amide bonds. The van der Waals surface area contributed by atoms with Crippen LogP contribution in [-0.4, -0.2) is 55.0 Å². The molecule has 2 saturated heterocycles. The van der Waals surface area contributed by atoms with Crippen LogP contribution in [0.4, 0.5) is 22.4 Å². The second kappa shape index (κ2) is 13.0. The monoisotopic (exact) mass is 534 g/mol. The highest BCUT2D eigenvalue weighted by atomic mass is 35.5. The fourth-order valence-corrected chi connectivity index (χ4v) is 3.54. The van der Waals surface area contributed by atoms with Gasteiger partial charge in [-0.1, -0.05) is 0 Å². The maximum Gasteiger partial charge on any atom is 0.410 e. The predicted molar refractivity (Wildman–Crippen MR) is 129 cm³/mol. The summed E-state index contributed by atoms with van der Waals surface area (Å²) in [5.41, 5.74) is -0.565. The third-order valence-electron chi connectivity index (χ3n) is 5.19. The van der Waals surface area contributed by atoms with E-state index in [4.69, 9.17) is 14.2 Å². The van der Waals surface area contributed by atoms with Crippen molar-refractivity contribution in [3.63, 3.8) is 0 Å². The van der Waals surface area contributed by atoms with Gasteiger partial charge in [0.05, 0.1) is 6.54 Å². The van der Waals surface area contributed by atoms with Crippen molar-refractivity contribution >= 4 is 18.5 Å². The van der Waals surface area contributed by atoms with Gasteiger partial charge in [0.15, 0.2) is 23.1 Å². The molecule has 2 heterocycles. The van der Waals surface area contributed by atoms with Crippen LogP contribution in [0.25, 0.3) is 0 Å². The lowest BCUT2D eigenvalue weighted by Gasteiger charge is -2.24. The molecule has 11 heteroatoms. The summed E-state index contributed by atoms with van der Waals surface area (Å²) in [5.74, 6) is -2.31. The number of benzene rings is 2. The van der Waals surface area contributed by atoms with Crippen LogP contribution in [-0.2, 0) is 4.74 Å². The van der Waals surface area contributed by atoms with Crippen LogP contribution in [0.5, 0.6) is 11.5 Å². The first-order valence-corrected chi connectivity index (χ1v) is 11.4. The van der Waals surface area contributed by atoms with Gasteiger partial charge in [-0.2, -0.15) is 0 Å². The lowest BCUT2D eigenvalue weighted by molar-refractivity contribution is 0.0275. The lowest BCUT2D eigenvalue weighted by Crippen LogP contribution is -2.36. The number of nitrogens with zero attached hydrogens (tertiary/aromatic N) is 1. The van der Waals surface area contributed by atoms with Crippen LogP contribution >= 0.6 is 12.4 Å². The highest BCUT2D eigenvalue weighted by Gasteiger charge is 2.31. The molecular formula is C25H31ClF4N2O4. The number of rotatable bonds is 4. The Kier molecular flexibility index (Phi) is 10.7. The molecule has 4 rings (SSSR count). The van der Waals surface area contributed by atoms with Gasteiger partial charge >= 0.3 is 6.09 Å². The minimum atomic E-state index is -0.618. The van der Waals surface area contributed by atoms with Crippen molar-refractivity contribution in [2.75, 3.05) is 26.2 Å². The molecule has 0 aromatic heterocycles. The second-order valence-corrected chi connectivity index (χ2v) is 9.34. The Morgan fingerprint density at radius 3 is 1.97 bits per heavy atom. The maximum absolute atomic E-state index is 13.5. The zero-order valence-corrected chi connectivity index (χ0v) is 21.2. The fourth-order valence-electron chi connectivity index (χ4n) is 3.54. The number of halogens is 5. The van der Waals surface area contributed by atoms with Crippen molar-refractivity contribution in [1.29, 1.82) is 0 Å². The van der Waals surface area contributed by atoms with Gasteiger partial charge in [-0.05, 0) is 58.0 Å². The van der Waals surface area contributed by atoms with Gasteiger partial charge in [0, 0.05) is 31.6 Å². The first-order valence-electron chi connectivity index (χ1n) is 11.4. The van der Waals surface area contributed by atoms with Crippen LogP contribution in [0.15, 0.2) is 36.4 Å². The van der Waals surface area contributed by atoms with E-state index in [-0.39, 0.29) is 36.1 Å². The Morgan fingerprint density at radius 1 is 0.917 bits per heavy atom. The summed E-state index contributed by atoms with van der Waals surface area (Å²) < 4.78 is 68.5. The molecule has 36 heavy (non-hydrogen) atoms. The third kappa shape index (κ3) is 9.05. The molecule has 2 aromatic rings. The molecule has 2 aromatic carbocycles. The number of ether oxygens (including phenoxy) is 3. The minimum absolute atomic E-state index is 0. The largest absolute Gasteiger partial charge is 0.486 e. The molecule has 2 aliphatic heterocycles. The Morgan fingerprint density at radius 2 is 1.47 bits per heavy atom. The number of carbonyl (C=O) groups excluding carboxylic acids is 1. The molecule has 1 N–H and O–H groups in total. The molecule has 0 bridgehead atoms. The molecule has 0 spiro atoms. The molecule has 0 unspecified atom stereocenters. The summed E-state index contributed by atoms with van der Waals surface area (Å²) in [6.07, 6.45) is 0.541. The van der Waals surface area contributed by atoms with E-state index in [1.807, 2.05) is 0 Å². The van der Waals surface area contributed by atoms with Gasteiger partial charge in [-0.3, -0.25) is 0 Å². The molecule has 0 aliphatic carbocycles. The van der Waals surface area contributed by atoms with Crippen LogP contribution in [0, 0.1) is 23.3 Å². The number of carbonyl (C=O) groups is 1. The van der Waals surface area contributed by atoms with Crippen molar-refractivity contribution in [2.45, 2.75) is 51.4 Å². The number of hydrogen-bond donors (Lipinski definition) is 1. The zero-order valence-electron chi connectivity index (χ0n) is 20.4. The highest BCUT2D eigenvalue weighted by molar-refractivity contribution is 5.85. The third-order valence-corrected chi connectivity index (χ3v) is 5.19. The SMILES string of the molecule is CC(C)(C)OC(=O)N1CC[C@@H](Oc2cc(F)ccc2F)C1.Cl.Fc1ccc(F)c(O[C@@H]2CCNC2)c1. The molecule has 200 valence electrons. The van der Waals surface area contributed by atoms with Crippen LogP contribution < -0.4 is 14.8 Å². The van der Waals surface area contributed by atoms with Gasteiger partial charge in [-0.15, -0.1) is 12.4 Å². The van der Waals surface area contributed by atoms with E-state index in [1.54, 1.807) is 20.8 Å². The van der Waals surface area contributed by atoms with Crippen molar-refractivity contribution in [2.24, 2.45) is 0 Å². The molecule has 6 nitrogen and oxygen atoms in total. The summed E-state index contributed by atoms with van der Waals surface area (Å²) in [6, 6.07) is 6.29. The maximum atomic E-state index is 13.5. The number of nitrogens with one attached hydrogen (secondary N) is 1. The van der Waals surface area contributed by atoms with Gasteiger partial charge < -0.3 is 24.4 Å². The van der Waals surface area contributed by atoms with Gasteiger partial charge in [0.25, 0.3) is 0 Å². The van der Waals surface area contributed by atoms with E-state index < -0.39 is 35.0 Å². The second-order valence-electron chi connectivity index (χ2n) is 9.34. The average Bonchev–Trinajstić information content (AvgIpc) is 3.45. The van der Waals surface area contributed by atoms with E-state index in [0.29, 0.717) is 26.1 Å². The van der Waals surface area contributed by atoms with E-state index >= 15 is 0 Å². The standard InChI is InChI=1S/C15H19F2NO3.C10H11F2NO.ClH/c1-15(2,3)21-14(19)18-7-6-11(9-18)20-13-8-10(16)4-5-12(13)17;11-7-1-2-9(12)10(5-7)14-8-3-4-13-6-8;/h4-5,8,11H,6-7,9H2,1-3H3;1-2,5,8,13H,3-4,6H2;1H/t11-;8-;/m11./s1. The average molecular weight is 535 g/mol. The van der Waals surface area contributed by atoms with Crippen LogP contribution in [0.3, 0.4) is 0 Å². The molecule has 0 radical (unpaired) electrons. The highest BCUT2D eigenvalue weighted by Crippen LogP contribution is 2.24. The molecule has 0 saturated carbocycles. The first-order chi connectivity index (χ1) is 16.5. The normalized spacial score (nSPS) is 19.1. The zero-order chi connectivity index (χ0) is 25.6. The Bertz CT molecular complexity index is 1020. The fraction of sp³-hybridized carbons (Fsp3) is 0.480. The molecule has 2 atom stereocenters. The van der Waals surface area contributed by atoms with E-state index in [9.17, 15) is 22.4 Å². The number of hydrogen-bond acceptors (Lipinski definition) is 5. The van der Waals surface area contributed by atoms with Crippen LogP contribution in [0.2, 0.25) is 0 Å². The van der Waals surface area contributed by atoms with Gasteiger partial charge in [-0.25, -0.2) is 22.4 Å².